The van der Waals surface area contributed by atoms with Gasteiger partial charge in [-0.1, -0.05) is 48.0 Å². The fourth-order valence-electron chi connectivity index (χ4n) is 3.22. The van der Waals surface area contributed by atoms with Gasteiger partial charge < -0.3 is 5.32 Å². The second-order valence-corrected chi connectivity index (χ2v) is 6.56. The first kappa shape index (κ1) is 16.9. The minimum Gasteiger partial charge on any atom is -0.307 e. The monoisotopic (exact) mass is 353 g/mol. The second-order valence-electron chi connectivity index (χ2n) is 6.56. The van der Waals surface area contributed by atoms with Crippen LogP contribution >= 0.6 is 0 Å². The number of pyridine rings is 2. The summed E-state index contributed by atoms with van der Waals surface area (Å²) in [5, 5.41) is 3.69. The van der Waals surface area contributed by atoms with Crippen molar-refractivity contribution in [1.29, 1.82) is 0 Å². The Labute approximate surface area is 157 Å². The number of rotatable bonds is 3. The number of hydrogen-bond acceptors (Lipinski definition) is 3. The molecule has 4 aromatic rings. The largest absolute Gasteiger partial charge is 0.307 e. The van der Waals surface area contributed by atoms with Crippen LogP contribution in [0.2, 0.25) is 0 Å². The first-order valence-corrected chi connectivity index (χ1v) is 8.81. The topological polar surface area (TPSA) is 54.9 Å². The molecule has 2 heterocycles. The van der Waals surface area contributed by atoms with Crippen molar-refractivity contribution in [3.05, 3.63) is 89.6 Å². The van der Waals surface area contributed by atoms with Gasteiger partial charge in [-0.15, -0.1) is 0 Å². The van der Waals surface area contributed by atoms with Crippen LogP contribution < -0.4 is 5.32 Å². The molecular formula is C23H19N3O. The van der Waals surface area contributed by atoms with E-state index in [1.807, 2.05) is 42.5 Å². The molecule has 0 fully saturated rings. The van der Waals surface area contributed by atoms with Crippen molar-refractivity contribution in [3.63, 3.8) is 0 Å². The molecule has 1 N–H and O–H groups in total. The molecule has 2 aromatic carbocycles. The van der Waals surface area contributed by atoms with Gasteiger partial charge >= 0.3 is 0 Å². The van der Waals surface area contributed by atoms with E-state index >= 15 is 0 Å². The fraction of sp³-hybridized carbons (Fsp3) is 0.0870. The van der Waals surface area contributed by atoms with E-state index in [0.717, 1.165) is 27.7 Å². The van der Waals surface area contributed by atoms with Crippen molar-refractivity contribution in [2.45, 2.75) is 13.8 Å². The van der Waals surface area contributed by atoms with Crippen LogP contribution in [0.15, 0.2) is 72.9 Å². The summed E-state index contributed by atoms with van der Waals surface area (Å²) in [6.07, 6.45) is 1.65. The average molecular weight is 353 g/mol. The molecule has 2 aromatic heterocycles. The Balaban J connectivity index is 1.85. The number of anilines is 1. The van der Waals surface area contributed by atoms with Gasteiger partial charge in [-0.25, -0.2) is 9.97 Å². The van der Waals surface area contributed by atoms with Crippen molar-refractivity contribution in [2.75, 3.05) is 5.32 Å². The Morgan fingerprint density at radius 2 is 1.74 bits per heavy atom. The van der Waals surface area contributed by atoms with Crippen LogP contribution in [0.1, 0.15) is 21.5 Å². The third-order valence-electron chi connectivity index (χ3n) is 4.53. The number of nitrogens with one attached hydrogen (secondary N) is 1. The zero-order chi connectivity index (χ0) is 18.8. The molecule has 0 unspecified atom stereocenters. The zero-order valence-electron chi connectivity index (χ0n) is 15.2. The van der Waals surface area contributed by atoms with Gasteiger partial charge in [-0.3, -0.25) is 4.79 Å². The van der Waals surface area contributed by atoms with Gasteiger partial charge in [-0.05, 0) is 43.7 Å². The molecule has 0 bridgehead atoms. The standard InChI is InChI=1S/C23H19N3O/c1-15-10-11-17(16(2)13-15)21-14-19(18-7-3-4-8-20(18)25-21)23(27)26-22-9-5-6-12-24-22/h3-14H,1-2H3,(H,24,26,27). The number of amides is 1. The molecule has 0 saturated heterocycles. The van der Waals surface area contributed by atoms with E-state index in [1.165, 1.54) is 5.56 Å². The van der Waals surface area contributed by atoms with Gasteiger partial charge in [0.2, 0.25) is 0 Å². The molecule has 1 amide bonds. The summed E-state index contributed by atoms with van der Waals surface area (Å²) in [6, 6.07) is 21.2. The Morgan fingerprint density at radius 3 is 2.52 bits per heavy atom. The summed E-state index contributed by atoms with van der Waals surface area (Å²) in [6.45, 7) is 4.13. The highest BCUT2D eigenvalue weighted by molar-refractivity contribution is 6.12. The van der Waals surface area contributed by atoms with E-state index in [4.69, 9.17) is 4.98 Å². The average Bonchev–Trinajstić information content (AvgIpc) is 2.68. The van der Waals surface area contributed by atoms with E-state index in [-0.39, 0.29) is 5.91 Å². The summed E-state index contributed by atoms with van der Waals surface area (Å²) in [7, 11) is 0. The fourth-order valence-corrected chi connectivity index (χ4v) is 3.22. The lowest BCUT2D eigenvalue weighted by molar-refractivity contribution is 0.102. The van der Waals surface area contributed by atoms with E-state index in [9.17, 15) is 4.79 Å². The summed E-state index contributed by atoms with van der Waals surface area (Å²) in [4.78, 5) is 21.9. The van der Waals surface area contributed by atoms with E-state index in [2.05, 4.69) is 42.3 Å². The van der Waals surface area contributed by atoms with E-state index < -0.39 is 0 Å². The first-order valence-electron chi connectivity index (χ1n) is 8.81. The Kier molecular flexibility index (Phi) is 4.38. The van der Waals surface area contributed by atoms with Crippen molar-refractivity contribution in [3.8, 4) is 11.3 Å². The molecule has 4 heteroatoms. The van der Waals surface area contributed by atoms with Gasteiger partial charge in [0, 0.05) is 17.1 Å². The van der Waals surface area contributed by atoms with Gasteiger partial charge in [0.1, 0.15) is 5.82 Å². The van der Waals surface area contributed by atoms with Gasteiger partial charge in [0.05, 0.1) is 16.8 Å². The van der Waals surface area contributed by atoms with E-state index in [1.54, 1.807) is 12.3 Å². The highest BCUT2D eigenvalue weighted by atomic mass is 16.1. The number of hydrogen-bond donors (Lipinski definition) is 1. The first-order chi connectivity index (χ1) is 13.1. The van der Waals surface area contributed by atoms with E-state index in [0.29, 0.717) is 11.4 Å². The Hall–Kier alpha value is -3.53. The van der Waals surface area contributed by atoms with Crippen molar-refractivity contribution < 1.29 is 4.79 Å². The molecule has 132 valence electrons. The number of para-hydroxylation sites is 1. The van der Waals surface area contributed by atoms with Gasteiger partial charge in [0.15, 0.2) is 0 Å². The molecule has 0 aliphatic carbocycles. The smallest absolute Gasteiger partial charge is 0.257 e. The Bertz CT molecular complexity index is 1140. The SMILES string of the molecule is Cc1ccc(-c2cc(C(=O)Nc3ccccn3)c3ccccc3n2)c(C)c1. The zero-order valence-corrected chi connectivity index (χ0v) is 15.2. The van der Waals surface area contributed by atoms with Gasteiger partial charge in [0.25, 0.3) is 5.91 Å². The molecule has 27 heavy (non-hydrogen) atoms. The van der Waals surface area contributed by atoms with Crippen LogP contribution in [0.3, 0.4) is 0 Å². The molecular weight excluding hydrogens is 334 g/mol. The molecule has 0 aliphatic rings. The molecule has 0 atom stereocenters. The van der Waals surface area contributed by atoms with Crippen molar-refractivity contribution in [2.24, 2.45) is 0 Å². The van der Waals surface area contributed by atoms with Crippen LogP contribution in [0.4, 0.5) is 5.82 Å². The van der Waals surface area contributed by atoms with Crippen molar-refractivity contribution in [1.82, 2.24) is 9.97 Å². The highest BCUT2D eigenvalue weighted by Crippen LogP contribution is 2.28. The predicted molar refractivity (Wildman–Crippen MR) is 109 cm³/mol. The summed E-state index contributed by atoms with van der Waals surface area (Å²) < 4.78 is 0. The maximum absolute atomic E-state index is 13.0. The quantitative estimate of drug-likeness (QED) is 0.553. The number of aryl methyl sites for hydroxylation is 2. The normalized spacial score (nSPS) is 10.7. The van der Waals surface area contributed by atoms with Crippen LogP contribution in [0.5, 0.6) is 0 Å². The minimum atomic E-state index is -0.196. The number of benzene rings is 2. The lowest BCUT2D eigenvalue weighted by atomic mass is 9.99. The lowest BCUT2D eigenvalue weighted by Crippen LogP contribution is -2.14. The molecule has 0 saturated carbocycles. The number of nitrogens with zero attached hydrogens (tertiary/aromatic N) is 2. The number of aromatic nitrogens is 2. The minimum absolute atomic E-state index is 0.196. The third-order valence-corrected chi connectivity index (χ3v) is 4.53. The van der Waals surface area contributed by atoms with Gasteiger partial charge in [-0.2, -0.15) is 0 Å². The number of fused-ring (bicyclic) bond motifs is 1. The number of carbonyl (C=O) groups excluding carboxylic acids is 1. The lowest BCUT2D eigenvalue weighted by Gasteiger charge is -2.12. The second kappa shape index (κ2) is 7.00. The maximum Gasteiger partial charge on any atom is 0.257 e. The maximum atomic E-state index is 13.0. The van der Waals surface area contributed by atoms with Crippen molar-refractivity contribution >= 4 is 22.6 Å². The molecule has 4 rings (SSSR count). The highest BCUT2D eigenvalue weighted by Gasteiger charge is 2.15. The molecule has 4 nitrogen and oxygen atoms in total. The summed E-state index contributed by atoms with van der Waals surface area (Å²) in [5.74, 6) is 0.328. The third kappa shape index (κ3) is 3.42. The summed E-state index contributed by atoms with van der Waals surface area (Å²) >= 11 is 0. The van der Waals surface area contributed by atoms with Crippen LogP contribution in [0.25, 0.3) is 22.2 Å². The molecule has 0 radical (unpaired) electrons. The van der Waals surface area contributed by atoms with Crippen LogP contribution in [-0.2, 0) is 0 Å². The van der Waals surface area contributed by atoms with Crippen LogP contribution in [0, 0.1) is 13.8 Å². The predicted octanol–water partition coefficient (Wildman–Crippen LogP) is 5.17. The molecule has 0 aliphatic heterocycles. The Morgan fingerprint density at radius 1 is 0.926 bits per heavy atom. The molecule has 0 spiro atoms. The van der Waals surface area contributed by atoms with Crippen LogP contribution in [-0.4, -0.2) is 15.9 Å². The summed E-state index contributed by atoms with van der Waals surface area (Å²) in [5.41, 5.74) is 5.53. The number of carbonyl (C=O) groups is 1.